The van der Waals surface area contributed by atoms with Crippen LogP contribution >= 0.6 is 27.3 Å². The van der Waals surface area contributed by atoms with Crippen molar-refractivity contribution < 1.29 is 0 Å². The Morgan fingerprint density at radius 3 is 2.86 bits per heavy atom. The monoisotopic (exact) mass is 365 g/mol. The number of hydrogen-bond acceptors (Lipinski definition) is 4. The van der Waals surface area contributed by atoms with Crippen molar-refractivity contribution in [2.45, 2.75) is 31.8 Å². The first-order chi connectivity index (χ1) is 10.2. The molecule has 1 aliphatic carbocycles. The van der Waals surface area contributed by atoms with Gasteiger partial charge in [-0.25, -0.2) is 4.98 Å². The van der Waals surface area contributed by atoms with Crippen LogP contribution in [-0.2, 0) is 13.0 Å². The van der Waals surface area contributed by atoms with Crippen LogP contribution in [0.1, 0.15) is 35.0 Å². The predicted molar refractivity (Wildman–Crippen MR) is 93.1 cm³/mol. The van der Waals surface area contributed by atoms with E-state index in [-0.39, 0.29) is 0 Å². The number of thiazole rings is 1. The molecule has 1 aliphatic rings. The van der Waals surface area contributed by atoms with Gasteiger partial charge in [-0.15, -0.1) is 11.3 Å². The molecule has 0 aliphatic heterocycles. The van der Waals surface area contributed by atoms with Gasteiger partial charge in [0.2, 0.25) is 0 Å². The lowest BCUT2D eigenvalue weighted by atomic mass is 9.98. The zero-order chi connectivity index (χ0) is 14.8. The lowest BCUT2D eigenvalue weighted by Crippen LogP contribution is -2.21. The molecule has 0 saturated heterocycles. The molecule has 0 amide bonds. The van der Waals surface area contributed by atoms with E-state index >= 15 is 0 Å². The van der Waals surface area contributed by atoms with Crippen molar-refractivity contribution >= 4 is 32.4 Å². The van der Waals surface area contributed by atoms with Crippen molar-refractivity contribution in [3.63, 3.8) is 0 Å². The summed E-state index contributed by atoms with van der Waals surface area (Å²) in [5, 5.41) is 4.52. The Morgan fingerprint density at radius 2 is 2.14 bits per heavy atom. The smallest absolute Gasteiger partial charge is 0.185 e. The van der Waals surface area contributed by atoms with Gasteiger partial charge in [0.1, 0.15) is 0 Å². The molecule has 0 radical (unpaired) electrons. The molecule has 2 aromatic rings. The van der Waals surface area contributed by atoms with Gasteiger partial charge in [0, 0.05) is 22.9 Å². The van der Waals surface area contributed by atoms with Crippen molar-refractivity contribution in [1.29, 1.82) is 0 Å². The first-order valence-electron chi connectivity index (χ1n) is 7.30. The van der Waals surface area contributed by atoms with Crippen LogP contribution in [0.15, 0.2) is 28.7 Å². The zero-order valence-electron chi connectivity index (χ0n) is 12.4. The number of aryl methyl sites for hydroxylation is 1. The van der Waals surface area contributed by atoms with E-state index in [2.05, 4.69) is 57.5 Å². The molecule has 5 heteroatoms. The Hall–Kier alpha value is -0.910. The number of hydrogen-bond donors (Lipinski definition) is 1. The number of nitrogens with one attached hydrogen (secondary N) is 1. The van der Waals surface area contributed by atoms with E-state index in [1.165, 1.54) is 35.4 Å². The molecule has 3 rings (SSSR count). The molecule has 1 aromatic carbocycles. The maximum absolute atomic E-state index is 4.89. The fourth-order valence-electron chi connectivity index (χ4n) is 2.78. The van der Waals surface area contributed by atoms with Gasteiger partial charge >= 0.3 is 0 Å². The summed E-state index contributed by atoms with van der Waals surface area (Å²) in [5.74, 6) is 0. The standard InChI is InChI=1S/C16H20BrN3S/c1-18-13-4-3-5-14-15(13)19-16(21-14)20(2)10-11-6-8-12(17)9-7-11/h6-9,13,18H,3-5,10H2,1-2H3. The maximum Gasteiger partial charge on any atom is 0.185 e. The number of nitrogens with zero attached hydrogens (tertiary/aromatic N) is 2. The van der Waals surface area contributed by atoms with E-state index in [0.717, 1.165) is 16.1 Å². The summed E-state index contributed by atoms with van der Waals surface area (Å²) in [6.45, 7) is 0.893. The molecule has 0 spiro atoms. The number of fused-ring (bicyclic) bond motifs is 1. The van der Waals surface area contributed by atoms with Crippen molar-refractivity contribution in [1.82, 2.24) is 10.3 Å². The zero-order valence-corrected chi connectivity index (χ0v) is 14.8. The van der Waals surface area contributed by atoms with Gasteiger partial charge in [-0.2, -0.15) is 0 Å². The molecular weight excluding hydrogens is 346 g/mol. The van der Waals surface area contributed by atoms with Crippen molar-refractivity contribution in [3.8, 4) is 0 Å². The Bertz CT molecular complexity index is 608. The molecule has 1 heterocycles. The summed E-state index contributed by atoms with van der Waals surface area (Å²) in [6, 6.07) is 8.93. The summed E-state index contributed by atoms with van der Waals surface area (Å²) < 4.78 is 1.12. The minimum absolute atomic E-state index is 0.430. The Labute approximate surface area is 138 Å². The number of benzene rings is 1. The van der Waals surface area contributed by atoms with Gasteiger partial charge in [-0.05, 0) is 44.0 Å². The highest BCUT2D eigenvalue weighted by atomic mass is 79.9. The summed E-state index contributed by atoms with van der Waals surface area (Å²) in [4.78, 5) is 8.60. The highest BCUT2D eigenvalue weighted by molar-refractivity contribution is 9.10. The first kappa shape index (κ1) is 15.0. The van der Waals surface area contributed by atoms with Crippen LogP contribution in [0.2, 0.25) is 0 Å². The molecule has 21 heavy (non-hydrogen) atoms. The third-order valence-electron chi connectivity index (χ3n) is 3.95. The molecule has 1 N–H and O–H groups in total. The average Bonchev–Trinajstić information content (AvgIpc) is 2.93. The Balaban J connectivity index is 1.77. The third-order valence-corrected chi connectivity index (χ3v) is 5.72. The summed E-state index contributed by atoms with van der Waals surface area (Å²) in [5.41, 5.74) is 2.57. The molecule has 0 bridgehead atoms. The second kappa shape index (κ2) is 6.46. The van der Waals surface area contributed by atoms with Crippen molar-refractivity contribution in [2.75, 3.05) is 19.0 Å². The summed E-state index contributed by atoms with van der Waals surface area (Å²) in [6.07, 6.45) is 3.64. The molecule has 0 saturated carbocycles. The largest absolute Gasteiger partial charge is 0.347 e. The summed E-state index contributed by atoms with van der Waals surface area (Å²) in [7, 11) is 4.16. The minimum Gasteiger partial charge on any atom is -0.347 e. The van der Waals surface area contributed by atoms with Crippen LogP contribution in [0, 0.1) is 0 Å². The van der Waals surface area contributed by atoms with Crippen LogP contribution < -0.4 is 10.2 Å². The van der Waals surface area contributed by atoms with Crippen LogP contribution in [0.3, 0.4) is 0 Å². The number of rotatable bonds is 4. The third kappa shape index (κ3) is 3.30. The van der Waals surface area contributed by atoms with Crippen LogP contribution in [0.4, 0.5) is 5.13 Å². The highest BCUT2D eigenvalue weighted by Crippen LogP contribution is 2.36. The van der Waals surface area contributed by atoms with E-state index in [9.17, 15) is 0 Å². The van der Waals surface area contributed by atoms with Gasteiger partial charge in [0.15, 0.2) is 5.13 Å². The first-order valence-corrected chi connectivity index (χ1v) is 8.91. The van der Waals surface area contributed by atoms with Crippen LogP contribution in [-0.4, -0.2) is 19.1 Å². The molecular formula is C16H20BrN3S. The second-order valence-electron chi connectivity index (χ2n) is 5.52. The lowest BCUT2D eigenvalue weighted by Gasteiger charge is -2.20. The van der Waals surface area contributed by atoms with Crippen molar-refractivity contribution in [2.24, 2.45) is 0 Å². The lowest BCUT2D eigenvalue weighted by molar-refractivity contribution is 0.490. The SMILES string of the molecule is CNC1CCCc2sc(N(C)Cc3ccc(Br)cc3)nc21. The number of halogens is 1. The van der Waals surface area contributed by atoms with Gasteiger partial charge in [0.05, 0.1) is 11.7 Å². The molecule has 1 unspecified atom stereocenters. The fourth-order valence-corrected chi connectivity index (χ4v) is 4.17. The fraction of sp³-hybridized carbons (Fsp3) is 0.438. The van der Waals surface area contributed by atoms with E-state index in [0.29, 0.717) is 6.04 Å². The minimum atomic E-state index is 0.430. The van der Waals surface area contributed by atoms with E-state index in [4.69, 9.17) is 4.98 Å². The molecule has 1 atom stereocenters. The predicted octanol–water partition coefficient (Wildman–Crippen LogP) is 4.14. The molecule has 0 fully saturated rings. The van der Waals surface area contributed by atoms with Crippen molar-refractivity contribution in [3.05, 3.63) is 44.9 Å². The average molecular weight is 366 g/mol. The normalized spacial score (nSPS) is 17.6. The Morgan fingerprint density at radius 1 is 1.38 bits per heavy atom. The van der Waals surface area contributed by atoms with Gasteiger partial charge in [-0.1, -0.05) is 28.1 Å². The maximum atomic E-state index is 4.89. The topological polar surface area (TPSA) is 28.2 Å². The van der Waals surface area contributed by atoms with Gasteiger partial charge in [0.25, 0.3) is 0 Å². The Kier molecular flexibility index (Phi) is 4.62. The number of anilines is 1. The van der Waals surface area contributed by atoms with E-state index < -0.39 is 0 Å². The highest BCUT2D eigenvalue weighted by Gasteiger charge is 2.24. The molecule has 112 valence electrons. The molecule has 1 aromatic heterocycles. The second-order valence-corrected chi connectivity index (χ2v) is 7.50. The number of aromatic nitrogens is 1. The van der Waals surface area contributed by atoms with Crippen LogP contribution in [0.25, 0.3) is 0 Å². The van der Waals surface area contributed by atoms with Gasteiger partial charge in [-0.3, -0.25) is 0 Å². The van der Waals surface area contributed by atoms with Crippen LogP contribution in [0.5, 0.6) is 0 Å². The van der Waals surface area contributed by atoms with Gasteiger partial charge < -0.3 is 10.2 Å². The van der Waals surface area contributed by atoms with E-state index in [1.807, 2.05) is 18.4 Å². The summed E-state index contributed by atoms with van der Waals surface area (Å²) >= 11 is 5.33. The molecule has 3 nitrogen and oxygen atoms in total. The van der Waals surface area contributed by atoms with E-state index in [1.54, 1.807) is 0 Å². The quantitative estimate of drug-likeness (QED) is 0.882.